The topological polar surface area (TPSA) is 83.5 Å². The molecule has 2 atom stereocenters. The van der Waals surface area contributed by atoms with Crippen LogP contribution in [0.15, 0.2) is 24.3 Å². The normalized spacial score (nSPS) is 14.8. The molecule has 20 heavy (non-hydrogen) atoms. The van der Waals surface area contributed by atoms with Gasteiger partial charge < -0.3 is 5.11 Å². The summed E-state index contributed by atoms with van der Waals surface area (Å²) in [5, 5.41) is 9.11. The minimum Gasteiger partial charge on any atom is -0.480 e. The molecule has 0 radical (unpaired) electrons. The van der Waals surface area contributed by atoms with Crippen LogP contribution in [0.3, 0.4) is 0 Å². The summed E-state index contributed by atoms with van der Waals surface area (Å²) in [6.45, 7) is 5.46. The van der Waals surface area contributed by atoms with Crippen molar-refractivity contribution in [2.45, 2.75) is 39.0 Å². The summed E-state index contributed by atoms with van der Waals surface area (Å²) in [4.78, 5) is 11.1. The lowest BCUT2D eigenvalue weighted by atomic mass is 10.0. The summed E-state index contributed by atoms with van der Waals surface area (Å²) >= 11 is 0. The van der Waals surface area contributed by atoms with Crippen molar-refractivity contribution in [3.63, 3.8) is 0 Å². The van der Waals surface area contributed by atoms with Gasteiger partial charge in [-0.25, -0.2) is 13.1 Å². The summed E-state index contributed by atoms with van der Waals surface area (Å²) < 4.78 is 26.4. The van der Waals surface area contributed by atoms with Crippen molar-refractivity contribution in [2.75, 3.05) is 0 Å². The number of nitrogens with one attached hydrogen (secondary N) is 1. The van der Waals surface area contributed by atoms with E-state index in [4.69, 9.17) is 5.11 Å². The van der Waals surface area contributed by atoms with Gasteiger partial charge in [-0.3, -0.25) is 4.79 Å². The molecule has 0 saturated heterocycles. The molecule has 0 spiro atoms. The molecule has 0 aliphatic heterocycles. The maximum Gasteiger partial charge on any atom is 0.322 e. The Morgan fingerprint density at radius 2 is 1.85 bits per heavy atom. The standard InChI is InChI=1S/C14H21NO4S/c1-4-11(3)13(14(16)17)15-20(18,19)9-12-7-5-10(2)6-8-12/h5-8,11,13,15H,4,9H2,1-3H3,(H,16,17)/t11-,13-/m0/s1. The van der Waals surface area contributed by atoms with Gasteiger partial charge in [0.1, 0.15) is 6.04 Å². The number of carboxylic acids is 1. The van der Waals surface area contributed by atoms with Crippen LogP contribution in [-0.4, -0.2) is 25.5 Å². The molecule has 0 bridgehead atoms. The van der Waals surface area contributed by atoms with Gasteiger partial charge in [-0.05, 0) is 18.4 Å². The minimum atomic E-state index is -3.68. The Kier molecular flexibility index (Phi) is 5.71. The fourth-order valence-electron chi connectivity index (χ4n) is 1.78. The van der Waals surface area contributed by atoms with E-state index in [9.17, 15) is 13.2 Å². The second-order valence-corrected chi connectivity index (χ2v) is 6.82. The number of hydrogen-bond acceptors (Lipinski definition) is 3. The van der Waals surface area contributed by atoms with Crippen LogP contribution in [0, 0.1) is 12.8 Å². The van der Waals surface area contributed by atoms with Crippen molar-refractivity contribution in [3.05, 3.63) is 35.4 Å². The fraction of sp³-hybridized carbons (Fsp3) is 0.500. The molecule has 1 aromatic carbocycles. The van der Waals surface area contributed by atoms with E-state index in [0.29, 0.717) is 12.0 Å². The molecular weight excluding hydrogens is 278 g/mol. The number of aliphatic carboxylic acids is 1. The number of benzene rings is 1. The van der Waals surface area contributed by atoms with Gasteiger partial charge in [-0.15, -0.1) is 0 Å². The monoisotopic (exact) mass is 299 g/mol. The molecule has 0 amide bonds. The third-order valence-electron chi connectivity index (χ3n) is 3.26. The number of carboxylic acid groups (broad SMARTS) is 1. The first-order valence-corrected chi connectivity index (χ1v) is 8.18. The Balaban J connectivity index is 2.82. The van der Waals surface area contributed by atoms with Gasteiger partial charge in [0.15, 0.2) is 0 Å². The Morgan fingerprint density at radius 1 is 1.30 bits per heavy atom. The molecule has 0 aliphatic rings. The van der Waals surface area contributed by atoms with Gasteiger partial charge in [0.05, 0.1) is 5.75 Å². The van der Waals surface area contributed by atoms with Crippen LogP contribution in [0.4, 0.5) is 0 Å². The Hall–Kier alpha value is -1.40. The molecule has 0 heterocycles. The number of sulfonamides is 1. The highest BCUT2D eigenvalue weighted by atomic mass is 32.2. The molecule has 6 heteroatoms. The van der Waals surface area contributed by atoms with E-state index in [1.165, 1.54) is 0 Å². The van der Waals surface area contributed by atoms with E-state index in [-0.39, 0.29) is 11.7 Å². The predicted octanol–water partition coefficient (Wildman–Crippen LogP) is 1.91. The van der Waals surface area contributed by atoms with Crippen LogP contribution in [0.5, 0.6) is 0 Å². The highest BCUT2D eigenvalue weighted by Crippen LogP contribution is 2.12. The molecule has 5 nitrogen and oxygen atoms in total. The molecule has 1 aromatic rings. The van der Waals surface area contributed by atoms with E-state index in [1.54, 1.807) is 19.1 Å². The lowest BCUT2D eigenvalue weighted by molar-refractivity contribution is -0.140. The zero-order chi connectivity index (χ0) is 15.3. The van der Waals surface area contributed by atoms with E-state index in [2.05, 4.69) is 4.72 Å². The van der Waals surface area contributed by atoms with Gasteiger partial charge in [-0.1, -0.05) is 50.1 Å². The highest BCUT2D eigenvalue weighted by molar-refractivity contribution is 7.88. The summed E-state index contributed by atoms with van der Waals surface area (Å²) in [5.41, 5.74) is 1.68. The molecule has 0 unspecified atom stereocenters. The average molecular weight is 299 g/mol. The molecule has 112 valence electrons. The number of carbonyl (C=O) groups is 1. The second-order valence-electron chi connectivity index (χ2n) is 5.06. The van der Waals surface area contributed by atoms with Crippen LogP contribution >= 0.6 is 0 Å². The van der Waals surface area contributed by atoms with Crippen molar-refractivity contribution in [2.24, 2.45) is 5.92 Å². The average Bonchev–Trinajstić information content (AvgIpc) is 2.37. The predicted molar refractivity (Wildman–Crippen MR) is 77.8 cm³/mol. The Bertz CT molecular complexity index is 551. The number of rotatable bonds is 7. The zero-order valence-corrected chi connectivity index (χ0v) is 12.8. The quantitative estimate of drug-likeness (QED) is 0.805. The van der Waals surface area contributed by atoms with Crippen molar-refractivity contribution in [1.82, 2.24) is 4.72 Å². The molecular formula is C14H21NO4S. The van der Waals surface area contributed by atoms with Crippen LogP contribution in [0.25, 0.3) is 0 Å². The highest BCUT2D eigenvalue weighted by Gasteiger charge is 2.28. The molecule has 0 aromatic heterocycles. The van der Waals surface area contributed by atoms with Gasteiger partial charge in [0.2, 0.25) is 10.0 Å². The molecule has 2 N–H and O–H groups in total. The first-order chi connectivity index (χ1) is 9.25. The van der Waals surface area contributed by atoms with Crippen LogP contribution in [0.1, 0.15) is 31.4 Å². The maximum absolute atomic E-state index is 12.0. The number of aryl methyl sites for hydroxylation is 1. The van der Waals surface area contributed by atoms with Gasteiger partial charge in [0, 0.05) is 0 Å². The number of hydrogen-bond donors (Lipinski definition) is 2. The summed E-state index contributed by atoms with van der Waals surface area (Å²) in [6, 6.07) is 6.03. The molecule has 1 rings (SSSR count). The van der Waals surface area contributed by atoms with Gasteiger partial charge in [0.25, 0.3) is 0 Å². The molecule has 0 saturated carbocycles. The van der Waals surface area contributed by atoms with Gasteiger partial charge in [-0.2, -0.15) is 0 Å². The molecule has 0 aliphatic carbocycles. The maximum atomic E-state index is 12.0. The van der Waals surface area contributed by atoms with E-state index in [0.717, 1.165) is 5.56 Å². The lowest BCUT2D eigenvalue weighted by Gasteiger charge is -2.20. The van der Waals surface area contributed by atoms with Crippen LogP contribution in [0.2, 0.25) is 0 Å². The Morgan fingerprint density at radius 3 is 2.30 bits per heavy atom. The second kappa shape index (κ2) is 6.85. The van der Waals surface area contributed by atoms with Crippen LogP contribution < -0.4 is 4.72 Å². The van der Waals surface area contributed by atoms with E-state index >= 15 is 0 Å². The SMILES string of the molecule is CC[C@H](C)[C@H](NS(=O)(=O)Cc1ccc(C)cc1)C(=O)O. The lowest BCUT2D eigenvalue weighted by Crippen LogP contribution is -2.45. The third-order valence-corrected chi connectivity index (χ3v) is 4.59. The summed E-state index contributed by atoms with van der Waals surface area (Å²) in [5.74, 6) is -1.62. The summed E-state index contributed by atoms with van der Waals surface area (Å²) in [6.07, 6.45) is 0.587. The van der Waals surface area contributed by atoms with Crippen molar-refractivity contribution in [3.8, 4) is 0 Å². The van der Waals surface area contributed by atoms with E-state index in [1.807, 2.05) is 26.0 Å². The van der Waals surface area contributed by atoms with Crippen LogP contribution in [-0.2, 0) is 20.6 Å². The van der Waals surface area contributed by atoms with Gasteiger partial charge >= 0.3 is 5.97 Å². The van der Waals surface area contributed by atoms with Crippen molar-refractivity contribution in [1.29, 1.82) is 0 Å². The Labute approximate surface area is 120 Å². The largest absolute Gasteiger partial charge is 0.480 e. The van der Waals surface area contributed by atoms with Crippen molar-refractivity contribution >= 4 is 16.0 Å². The van der Waals surface area contributed by atoms with E-state index < -0.39 is 22.0 Å². The smallest absolute Gasteiger partial charge is 0.322 e. The van der Waals surface area contributed by atoms with Crippen molar-refractivity contribution < 1.29 is 18.3 Å². The fourth-order valence-corrected chi connectivity index (χ4v) is 3.22. The first kappa shape index (κ1) is 16.7. The molecule has 0 fully saturated rings. The first-order valence-electron chi connectivity index (χ1n) is 6.53. The third kappa shape index (κ3) is 4.94. The minimum absolute atomic E-state index is 0.215. The summed E-state index contributed by atoms with van der Waals surface area (Å²) in [7, 11) is -3.68. The zero-order valence-electron chi connectivity index (χ0n) is 12.0.